The first-order valence-corrected chi connectivity index (χ1v) is 9.65. The summed E-state index contributed by atoms with van der Waals surface area (Å²) in [7, 11) is 0. The third-order valence-corrected chi connectivity index (χ3v) is 5.02. The molecule has 1 N–H and O–H groups in total. The molecule has 27 heavy (non-hydrogen) atoms. The van der Waals surface area contributed by atoms with Crippen molar-refractivity contribution in [2.75, 3.05) is 11.1 Å². The molecule has 1 heterocycles. The van der Waals surface area contributed by atoms with Gasteiger partial charge in [0.25, 0.3) is 5.22 Å². The number of nitrogens with zero attached hydrogens (tertiary/aromatic N) is 2. The van der Waals surface area contributed by atoms with E-state index in [2.05, 4.69) is 29.4 Å². The van der Waals surface area contributed by atoms with Gasteiger partial charge in [-0.15, -0.1) is 10.2 Å². The summed E-state index contributed by atoms with van der Waals surface area (Å²) in [6.45, 7) is 4.32. The molecule has 0 saturated carbocycles. The number of aromatic nitrogens is 2. The molecule has 1 amide bonds. The highest BCUT2D eigenvalue weighted by Gasteiger charge is 2.12. The smallest absolute Gasteiger partial charge is 0.277 e. The Morgan fingerprint density at radius 1 is 1.15 bits per heavy atom. The number of benzene rings is 2. The fourth-order valence-electron chi connectivity index (χ4n) is 2.43. The molecule has 0 aliphatic heterocycles. The highest BCUT2D eigenvalue weighted by Crippen LogP contribution is 2.24. The van der Waals surface area contributed by atoms with Crippen LogP contribution in [-0.4, -0.2) is 21.9 Å². The fourth-order valence-corrected chi connectivity index (χ4v) is 3.00. The quantitative estimate of drug-likeness (QED) is 0.572. The van der Waals surface area contributed by atoms with E-state index in [1.165, 1.54) is 17.7 Å². The van der Waals surface area contributed by atoms with Crippen molar-refractivity contribution in [3.05, 3.63) is 59.9 Å². The summed E-state index contributed by atoms with van der Waals surface area (Å²) in [6.07, 6.45) is 1.08. The van der Waals surface area contributed by atoms with E-state index < -0.39 is 0 Å². The Morgan fingerprint density at radius 3 is 2.52 bits per heavy atom. The first-order chi connectivity index (χ1) is 13.0. The van der Waals surface area contributed by atoms with Gasteiger partial charge in [-0.2, -0.15) is 0 Å². The molecular weight excluding hydrogens is 365 g/mol. The predicted octanol–water partition coefficient (Wildman–Crippen LogP) is 5.12. The summed E-state index contributed by atoms with van der Waals surface area (Å²) in [4.78, 5) is 12.1. The second-order valence-corrected chi connectivity index (χ2v) is 7.07. The van der Waals surface area contributed by atoms with E-state index in [1.54, 1.807) is 12.1 Å². The molecule has 0 bridgehead atoms. The van der Waals surface area contributed by atoms with Gasteiger partial charge in [-0.1, -0.05) is 37.7 Å². The van der Waals surface area contributed by atoms with Crippen LogP contribution in [0.3, 0.4) is 0 Å². The number of carbonyl (C=O) groups is 1. The molecule has 0 radical (unpaired) electrons. The van der Waals surface area contributed by atoms with Crippen LogP contribution in [0.1, 0.15) is 31.7 Å². The van der Waals surface area contributed by atoms with Crippen molar-refractivity contribution in [3.63, 3.8) is 0 Å². The number of amides is 1. The molecular formula is C20H20FN3O2S. The summed E-state index contributed by atoms with van der Waals surface area (Å²) >= 11 is 1.15. The van der Waals surface area contributed by atoms with Crippen LogP contribution in [-0.2, 0) is 4.79 Å². The fraction of sp³-hybridized carbons (Fsp3) is 0.250. The zero-order valence-electron chi connectivity index (χ0n) is 15.1. The maximum Gasteiger partial charge on any atom is 0.277 e. The number of carbonyl (C=O) groups excluding carboxylic acids is 1. The van der Waals surface area contributed by atoms with Gasteiger partial charge in [-0.25, -0.2) is 4.39 Å². The van der Waals surface area contributed by atoms with Crippen LogP contribution < -0.4 is 5.32 Å². The van der Waals surface area contributed by atoms with E-state index in [9.17, 15) is 9.18 Å². The molecule has 0 aliphatic carbocycles. The van der Waals surface area contributed by atoms with Gasteiger partial charge in [0.1, 0.15) is 5.82 Å². The number of hydrogen-bond acceptors (Lipinski definition) is 5. The standard InChI is InChI=1S/C20H20FN3O2S/c1-3-13(2)14-6-10-17(11-7-14)22-18(25)12-27-20-24-23-19(26-20)15-4-8-16(21)9-5-15/h4-11,13H,3,12H2,1-2H3,(H,22,25)/t13-/m0/s1. The largest absolute Gasteiger partial charge is 0.411 e. The lowest BCUT2D eigenvalue weighted by atomic mass is 9.99. The van der Waals surface area contributed by atoms with Crippen molar-refractivity contribution < 1.29 is 13.6 Å². The third-order valence-electron chi connectivity index (χ3n) is 4.20. The molecule has 0 saturated heterocycles. The predicted molar refractivity (Wildman–Crippen MR) is 104 cm³/mol. The first-order valence-electron chi connectivity index (χ1n) is 8.67. The second-order valence-electron chi connectivity index (χ2n) is 6.15. The average molecular weight is 385 g/mol. The number of nitrogens with one attached hydrogen (secondary N) is 1. The van der Waals surface area contributed by atoms with Gasteiger partial charge in [0, 0.05) is 11.3 Å². The molecule has 0 aliphatic rings. The number of halogens is 1. The molecule has 7 heteroatoms. The lowest BCUT2D eigenvalue weighted by molar-refractivity contribution is -0.113. The van der Waals surface area contributed by atoms with E-state index in [1.807, 2.05) is 24.3 Å². The zero-order chi connectivity index (χ0) is 19.2. The van der Waals surface area contributed by atoms with Crippen LogP contribution in [0, 0.1) is 5.82 Å². The minimum absolute atomic E-state index is 0.151. The van der Waals surface area contributed by atoms with Crippen molar-refractivity contribution in [1.82, 2.24) is 10.2 Å². The molecule has 2 aromatic carbocycles. The van der Waals surface area contributed by atoms with Gasteiger partial charge in [0.2, 0.25) is 11.8 Å². The first kappa shape index (κ1) is 19.1. The number of thioether (sulfide) groups is 1. The normalized spacial score (nSPS) is 12.0. The summed E-state index contributed by atoms with van der Waals surface area (Å²) in [5.41, 5.74) is 2.64. The maximum absolute atomic E-state index is 13.0. The van der Waals surface area contributed by atoms with E-state index in [-0.39, 0.29) is 22.7 Å². The number of hydrogen-bond donors (Lipinski definition) is 1. The van der Waals surface area contributed by atoms with Crippen LogP contribution in [0.2, 0.25) is 0 Å². The van der Waals surface area contributed by atoms with Gasteiger partial charge in [-0.05, 0) is 54.3 Å². The van der Waals surface area contributed by atoms with Crippen molar-refractivity contribution in [1.29, 1.82) is 0 Å². The molecule has 140 valence electrons. The second kappa shape index (κ2) is 8.81. The summed E-state index contributed by atoms with van der Waals surface area (Å²) < 4.78 is 18.5. The Hall–Kier alpha value is -2.67. The minimum Gasteiger partial charge on any atom is -0.411 e. The van der Waals surface area contributed by atoms with Crippen LogP contribution in [0.15, 0.2) is 58.2 Å². The van der Waals surface area contributed by atoms with Gasteiger partial charge in [-0.3, -0.25) is 4.79 Å². The molecule has 3 aromatic rings. The van der Waals surface area contributed by atoms with Crippen LogP contribution in [0.25, 0.3) is 11.5 Å². The van der Waals surface area contributed by atoms with Crippen LogP contribution in [0.4, 0.5) is 10.1 Å². The average Bonchev–Trinajstić information content (AvgIpc) is 3.16. The van der Waals surface area contributed by atoms with E-state index in [0.717, 1.165) is 23.9 Å². The minimum atomic E-state index is -0.332. The Balaban J connectivity index is 1.53. The molecule has 0 fully saturated rings. The molecule has 1 aromatic heterocycles. The van der Waals surface area contributed by atoms with E-state index in [4.69, 9.17) is 4.42 Å². The number of rotatable bonds is 7. The van der Waals surface area contributed by atoms with E-state index >= 15 is 0 Å². The lowest BCUT2D eigenvalue weighted by Gasteiger charge is -2.10. The van der Waals surface area contributed by atoms with Gasteiger partial charge >= 0.3 is 0 Å². The van der Waals surface area contributed by atoms with Gasteiger partial charge in [0.05, 0.1) is 5.75 Å². The zero-order valence-corrected chi connectivity index (χ0v) is 15.9. The Bertz CT molecular complexity index is 894. The highest BCUT2D eigenvalue weighted by atomic mass is 32.2. The third kappa shape index (κ3) is 5.17. The Morgan fingerprint density at radius 2 is 1.85 bits per heavy atom. The van der Waals surface area contributed by atoms with E-state index in [0.29, 0.717) is 17.4 Å². The highest BCUT2D eigenvalue weighted by molar-refractivity contribution is 7.99. The van der Waals surface area contributed by atoms with Crippen molar-refractivity contribution in [3.8, 4) is 11.5 Å². The van der Waals surface area contributed by atoms with Crippen LogP contribution in [0.5, 0.6) is 0 Å². The monoisotopic (exact) mass is 385 g/mol. The van der Waals surface area contributed by atoms with Crippen molar-refractivity contribution in [2.45, 2.75) is 31.4 Å². The van der Waals surface area contributed by atoms with Gasteiger partial charge < -0.3 is 9.73 Å². The summed E-state index contributed by atoms with van der Waals surface area (Å²) in [5, 5.41) is 11.0. The molecule has 0 unspecified atom stereocenters. The molecule has 3 rings (SSSR count). The molecule has 5 nitrogen and oxygen atoms in total. The Kier molecular flexibility index (Phi) is 6.24. The summed E-state index contributed by atoms with van der Waals surface area (Å²) in [6, 6.07) is 13.7. The lowest BCUT2D eigenvalue weighted by Crippen LogP contribution is -2.14. The Labute approximate surface area is 161 Å². The maximum atomic E-state index is 13.0. The molecule has 0 spiro atoms. The van der Waals surface area contributed by atoms with Gasteiger partial charge in [0.15, 0.2) is 0 Å². The van der Waals surface area contributed by atoms with Crippen LogP contribution >= 0.6 is 11.8 Å². The molecule has 1 atom stereocenters. The topological polar surface area (TPSA) is 68.0 Å². The van der Waals surface area contributed by atoms with Crippen molar-refractivity contribution >= 4 is 23.4 Å². The SMILES string of the molecule is CC[C@H](C)c1ccc(NC(=O)CSc2nnc(-c3ccc(F)cc3)o2)cc1. The van der Waals surface area contributed by atoms with Crippen molar-refractivity contribution in [2.24, 2.45) is 0 Å². The number of anilines is 1. The summed E-state index contributed by atoms with van der Waals surface area (Å²) in [5.74, 6) is 0.453.